The summed E-state index contributed by atoms with van der Waals surface area (Å²) in [5, 5.41) is 3.98. The molecule has 1 atom stereocenters. The van der Waals surface area contributed by atoms with Gasteiger partial charge in [0.05, 0.1) is 6.04 Å². The Morgan fingerprint density at radius 1 is 1.37 bits per heavy atom. The van der Waals surface area contributed by atoms with E-state index in [4.69, 9.17) is 0 Å². The third kappa shape index (κ3) is 3.54. The van der Waals surface area contributed by atoms with Gasteiger partial charge in [-0.3, -0.25) is 9.59 Å². The van der Waals surface area contributed by atoms with Crippen LogP contribution in [0.25, 0.3) is 10.1 Å². The predicted octanol–water partition coefficient (Wildman–Crippen LogP) is 2.64. The van der Waals surface area contributed by atoms with E-state index < -0.39 is 5.97 Å². The predicted molar refractivity (Wildman–Crippen MR) is 75.0 cm³/mol. The minimum Gasteiger partial charge on any atom is -0.456 e. The van der Waals surface area contributed by atoms with E-state index in [2.05, 4.69) is 22.2 Å². The third-order valence-electron chi connectivity index (χ3n) is 2.66. The first-order valence-corrected chi connectivity index (χ1v) is 6.79. The summed E-state index contributed by atoms with van der Waals surface area (Å²) in [6.45, 7) is 2.96. The zero-order valence-electron chi connectivity index (χ0n) is 10.8. The van der Waals surface area contributed by atoms with Crippen LogP contribution >= 0.6 is 11.3 Å². The minimum atomic E-state index is -0.454. The molecule has 2 rings (SSSR count). The van der Waals surface area contributed by atoms with Crippen LogP contribution in [0.1, 0.15) is 24.8 Å². The molecule has 5 heteroatoms. The first kappa shape index (κ1) is 13.5. The molecule has 0 fully saturated rings. The number of thiophene rings is 1. The van der Waals surface area contributed by atoms with E-state index in [1.165, 1.54) is 17.0 Å². The summed E-state index contributed by atoms with van der Waals surface area (Å²) in [4.78, 5) is 23.3. The standard InChI is InChI=1S/C14H15NO3S/c1-9(15-14(17)8-18-10(2)16)13-7-11-5-3-4-6-12(11)19-13/h3-7,9H,8H2,1-2H3,(H,15,17). The Hall–Kier alpha value is -1.88. The lowest BCUT2D eigenvalue weighted by atomic mass is 10.2. The van der Waals surface area contributed by atoms with Gasteiger partial charge in [-0.05, 0) is 24.4 Å². The molecule has 2 aromatic rings. The van der Waals surface area contributed by atoms with Crippen LogP contribution < -0.4 is 5.32 Å². The molecule has 0 spiro atoms. The SMILES string of the molecule is CC(=O)OCC(=O)NC(C)c1cc2ccccc2s1. The summed E-state index contributed by atoms with van der Waals surface area (Å²) in [6, 6.07) is 10.0. The van der Waals surface area contributed by atoms with Gasteiger partial charge in [0.15, 0.2) is 6.61 Å². The lowest BCUT2D eigenvalue weighted by Crippen LogP contribution is -2.30. The molecule has 0 saturated carbocycles. The molecule has 100 valence electrons. The highest BCUT2D eigenvalue weighted by Gasteiger charge is 2.13. The minimum absolute atomic E-state index is 0.0968. The Kier molecular flexibility index (Phi) is 4.16. The van der Waals surface area contributed by atoms with Crippen LogP contribution in [0.15, 0.2) is 30.3 Å². The number of nitrogens with one attached hydrogen (secondary N) is 1. The van der Waals surface area contributed by atoms with E-state index in [1.807, 2.05) is 25.1 Å². The Bertz CT molecular complexity index is 573. The van der Waals surface area contributed by atoms with Gasteiger partial charge in [0.25, 0.3) is 5.91 Å². The van der Waals surface area contributed by atoms with Crippen molar-refractivity contribution >= 4 is 33.3 Å². The monoisotopic (exact) mass is 277 g/mol. The molecular weight excluding hydrogens is 262 g/mol. The third-order valence-corrected chi connectivity index (χ3v) is 3.95. The van der Waals surface area contributed by atoms with Gasteiger partial charge >= 0.3 is 5.97 Å². The van der Waals surface area contributed by atoms with Crippen molar-refractivity contribution in [2.24, 2.45) is 0 Å². The second-order valence-corrected chi connectivity index (χ2v) is 5.37. The van der Waals surface area contributed by atoms with E-state index in [0.717, 1.165) is 4.88 Å². The van der Waals surface area contributed by atoms with Gasteiger partial charge in [0.2, 0.25) is 0 Å². The van der Waals surface area contributed by atoms with Gasteiger partial charge in [-0.1, -0.05) is 18.2 Å². The Morgan fingerprint density at radius 2 is 2.11 bits per heavy atom. The van der Waals surface area contributed by atoms with Crippen molar-refractivity contribution < 1.29 is 14.3 Å². The van der Waals surface area contributed by atoms with Gasteiger partial charge < -0.3 is 10.1 Å². The fraction of sp³-hybridized carbons (Fsp3) is 0.286. The largest absolute Gasteiger partial charge is 0.456 e. The van der Waals surface area contributed by atoms with Crippen LogP contribution in [0.3, 0.4) is 0 Å². The summed E-state index contributed by atoms with van der Waals surface area (Å²) in [6.07, 6.45) is 0. The van der Waals surface area contributed by atoms with Crippen LogP contribution in [-0.2, 0) is 14.3 Å². The fourth-order valence-corrected chi connectivity index (χ4v) is 2.80. The molecule has 1 unspecified atom stereocenters. The second-order valence-electron chi connectivity index (χ2n) is 4.26. The van der Waals surface area contributed by atoms with Crippen molar-refractivity contribution in [1.29, 1.82) is 0 Å². The smallest absolute Gasteiger partial charge is 0.303 e. The van der Waals surface area contributed by atoms with Gasteiger partial charge in [-0.25, -0.2) is 0 Å². The van der Waals surface area contributed by atoms with Crippen LogP contribution in [0.4, 0.5) is 0 Å². The van der Waals surface area contributed by atoms with Crippen LogP contribution in [0.5, 0.6) is 0 Å². The molecule has 0 bridgehead atoms. The van der Waals surface area contributed by atoms with E-state index in [0.29, 0.717) is 0 Å². The first-order chi connectivity index (χ1) is 9.06. The van der Waals surface area contributed by atoms with E-state index >= 15 is 0 Å². The van der Waals surface area contributed by atoms with Crippen LogP contribution in [-0.4, -0.2) is 18.5 Å². The number of ether oxygens (including phenoxy) is 1. The van der Waals surface area contributed by atoms with Crippen molar-refractivity contribution in [3.63, 3.8) is 0 Å². The van der Waals surface area contributed by atoms with Crippen molar-refractivity contribution in [3.05, 3.63) is 35.2 Å². The van der Waals surface area contributed by atoms with Crippen molar-refractivity contribution in [3.8, 4) is 0 Å². The maximum absolute atomic E-state index is 11.6. The average Bonchev–Trinajstić information content (AvgIpc) is 2.80. The topological polar surface area (TPSA) is 55.4 Å². The number of amides is 1. The van der Waals surface area contributed by atoms with Crippen LogP contribution in [0.2, 0.25) is 0 Å². The number of fused-ring (bicyclic) bond motifs is 1. The quantitative estimate of drug-likeness (QED) is 0.874. The van der Waals surface area contributed by atoms with Crippen molar-refractivity contribution in [2.75, 3.05) is 6.61 Å². The molecule has 0 saturated heterocycles. The number of carbonyl (C=O) groups is 2. The molecule has 4 nitrogen and oxygen atoms in total. The van der Waals surface area contributed by atoms with Crippen molar-refractivity contribution in [1.82, 2.24) is 5.32 Å². The molecule has 0 aliphatic heterocycles. The molecule has 0 radical (unpaired) electrons. The zero-order valence-corrected chi connectivity index (χ0v) is 11.6. The highest BCUT2D eigenvalue weighted by atomic mass is 32.1. The number of rotatable bonds is 4. The molecular formula is C14H15NO3S. The number of hydrogen-bond acceptors (Lipinski definition) is 4. The lowest BCUT2D eigenvalue weighted by Gasteiger charge is -2.11. The van der Waals surface area contributed by atoms with Gasteiger partial charge in [-0.15, -0.1) is 11.3 Å². The number of hydrogen-bond donors (Lipinski definition) is 1. The maximum Gasteiger partial charge on any atom is 0.303 e. The highest BCUT2D eigenvalue weighted by molar-refractivity contribution is 7.19. The summed E-state index contributed by atoms with van der Waals surface area (Å²) < 4.78 is 5.84. The number of benzene rings is 1. The molecule has 1 aromatic carbocycles. The van der Waals surface area contributed by atoms with Gasteiger partial charge in [0.1, 0.15) is 0 Å². The van der Waals surface area contributed by atoms with Crippen molar-refractivity contribution in [2.45, 2.75) is 19.9 Å². The summed E-state index contributed by atoms with van der Waals surface area (Å²) in [5.41, 5.74) is 0. The summed E-state index contributed by atoms with van der Waals surface area (Å²) in [7, 11) is 0. The first-order valence-electron chi connectivity index (χ1n) is 5.97. The Labute approximate surface area is 115 Å². The lowest BCUT2D eigenvalue weighted by molar-refractivity contribution is -0.146. The maximum atomic E-state index is 11.6. The summed E-state index contributed by atoms with van der Waals surface area (Å²) in [5.74, 6) is -0.746. The Balaban J connectivity index is 2.01. The zero-order chi connectivity index (χ0) is 13.8. The molecule has 19 heavy (non-hydrogen) atoms. The molecule has 1 heterocycles. The van der Waals surface area contributed by atoms with Crippen LogP contribution in [0, 0.1) is 0 Å². The molecule has 1 aromatic heterocycles. The Morgan fingerprint density at radius 3 is 2.79 bits per heavy atom. The van der Waals surface area contributed by atoms with E-state index in [-0.39, 0.29) is 18.6 Å². The normalized spacial score (nSPS) is 12.1. The van der Waals surface area contributed by atoms with E-state index in [1.54, 1.807) is 11.3 Å². The van der Waals surface area contributed by atoms with E-state index in [9.17, 15) is 9.59 Å². The molecule has 0 aliphatic rings. The molecule has 0 aliphatic carbocycles. The average molecular weight is 277 g/mol. The highest BCUT2D eigenvalue weighted by Crippen LogP contribution is 2.29. The fourth-order valence-electron chi connectivity index (χ4n) is 1.74. The second kappa shape index (κ2) is 5.84. The van der Waals surface area contributed by atoms with Gasteiger partial charge in [-0.2, -0.15) is 0 Å². The number of carbonyl (C=O) groups excluding carboxylic acids is 2. The molecule has 1 amide bonds. The summed E-state index contributed by atoms with van der Waals surface area (Å²) >= 11 is 1.65. The van der Waals surface area contributed by atoms with Gasteiger partial charge in [0, 0.05) is 16.5 Å². The number of esters is 1. The molecule has 1 N–H and O–H groups in total.